The van der Waals surface area contributed by atoms with E-state index in [2.05, 4.69) is 11.9 Å². The molecule has 2 aliphatic rings. The molecule has 1 aliphatic carbocycles. The zero-order valence-corrected chi connectivity index (χ0v) is 14.2. The molecule has 0 aromatic heterocycles. The number of amides is 2. The average Bonchev–Trinajstić information content (AvgIpc) is 3.12. The molecule has 0 radical (unpaired) electrons. The zero-order chi connectivity index (χ0) is 17.2. The Labute approximate surface area is 146 Å². The van der Waals surface area contributed by atoms with Gasteiger partial charge in [0, 0.05) is 24.4 Å². The van der Waals surface area contributed by atoms with Gasteiger partial charge in [-0.2, -0.15) is 0 Å². The van der Waals surface area contributed by atoms with Crippen molar-refractivity contribution in [3.8, 4) is 5.75 Å². The molecule has 2 fully saturated rings. The van der Waals surface area contributed by atoms with E-state index in [1.165, 1.54) is 6.08 Å². The molecular formula is C18H21ClN2O3. The van der Waals surface area contributed by atoms with Gasteiger partial charge in [0.1, 0.15) is 12.4 Å². The second-order valence-electron chi connectivity index (χ2n) is 6.40. The average molecular weight is 349 g/mol. The van der Waals surface area contributed by atoms with Crippen LogP contribution in [-0.2, 0) is 9.59 Å². The Balaban J connectivity index is 1.41. The molecule has 2 amide bonds. The maximum atomic E-state index is 12.3. The quantitative estimate of drug-likeness (QED) is 0.633. The summed E-state index contributed by atoms with van der Waals surface area (Å²) in [7, 11) is 0. The summed E-state index contributed by atoms with van der Waals surface area (Å²) in [4.78, 5) is 25.7. The number of hydrogen-bond acceptors (Lipinski definition) is 3. The fraction of sp³-hybridized carbons (Fsp3) is 0.444. The molecule has 1 aromatic carbocycles. The first-order chi connectivity index (χ1) is 11.6. The van der Waals surface area contributed by atoms with Crippen LogP contribution in [0.1, 0.15) is 12.8 Å². The third kappa shape index (κ3) is 3.41. The number of ether oxygens (including phenoxy) is 1. The molecule has 5 nitrogen and oxygen atoms in total. The molecule has 2 unspecified atom stereocenters. The summed E-state index contributed by atoms with van der Waals surface area (Å²) in [6.07, 6.45) is 3.08. The van der Waals surface area contributed by atoms with E-state index in [-0.39, 0.29) is 23.1 Å². The van der Waals surface area contributed by atoms with E-state index in [4.69, 9.17) is 16.3 Å². The zero-order valence-electron chi connectivity index (χ0n) is 13.5. The molecule has 128 valence electrons. The van der Waals surface area contributed by atoms with Gasteiger partial charge in [-0.3, -0.25) is 9.59 Å². The van der Waals surface area contributed by atoms with Crippen LogP contribution >= 0.6 is 11.6 Å². The van der Waals surface area contributed by atoms with Crippen LogP contribution in [0.15, 0.2) is 36.9 Å². The van der Waals surface area contributed by atoms with Gasteiger partial charge < -0.3 is 15.0 Å². The summed E-state index contributed by atoms with van der Waals surface area (Å²) in [5.41, 5.74) is -0.0215. The summed E-state index contributed by atoms with van der Waals surface area (Å²) >= 11 is 6.01. The molecule has 3 rings (SSSR count). The maximum absolute atomic E-state index is 12.3. The van der Waals surface area contributed by atoms with Gasteiger partial charge in [-0.25, -0.2) is 0 Å². The van der Waals surface area contributed by atoms with Crippen molar-refractivity contribution in [3.63, 3.8) is 0 Å². The minimum absolute atomic E-state index is 0.000397. The summed E-state index contributed by atoms with van der Waals surface area (Å²) in [5, 5.41) is 3.47. The Morgan fingerprint density at radius 3 is 3.00 bits per heavy atom. The van der Waals surface area contributed by atoms with E-state index >= 15 is 0 Å². The van der Waals surface area contributed by atoms with Crippen molar-refractivity contribution in [1.82, 2.24) is 10.2 Å². The van der Waals surface area contributed by atoms with Crippen LogP contribution in [0.4, 0.5) is 0 Å². The molecule has 1 aliphatic heterocycles. The molecule has 0 bridgehead atoms. The third-order valence-electron chi connectivity index (χ3n) is 4.87. The van der Waals surface area contributed by atoms with Gasteiger partial charge >= 0.3 is 0 Å². The van der Waals surface area contributed by atoms with Crippen molar-refractivity contribution >= 4 is 23.4 Å². The molecule has 1 spiro atoms. The molecule has 1 aromatic rings. The van der Waals surface area contributed by atoms with Crippen LogP contribution in [0.3, 0.4) is 0 Å². The number of nitrogens with zero attached hydrogens (tertiary/aromatic N) is 1. The van der Waals surface area contributed by atoms with Crippen LogP contribution in [-0.4, -0.2) is 43.0 Å². The number of likely N-dealkylation sites (tertiary alicyclic amines) is 1. The van der Waals surface area contributed by atoms with Gasteiger partial charge in [0.15, 0.2) is 0 Å². The Hall–Kier alpha value is -2.01. The Kier molecular flexibility index (Phi) is 4.81. The van der Waals surface area contributed by atoms with E-state index in [9.17, 15) is 9.59 Å². The van der Waals surface area contributed by atoms with Crippen LogP contribution in [0.5, 0.6) is 5.75 Å². The van der Waals surface area contributed by atoms with Crippen molar-refractivity contribution in [1.29, 1.82) is 0 Å². The maximum Gasteiger partial charge on any atom is 0.245 e. The lowest BCUT2D eigenvalue weighted by molar-refractivity contribution is -0.126. The highest BCUT2D eigenvalue weighted by atomic mass is 35.5. The van der Waals surface area contributed by atoms with Gasteiger partial charge in [-0.15, -0.1) is 0 Å². The monoisotopic (exact) mass is 348 g/mol. The number of nitrogens with one attached hydrogen (secondary N) is 1. The number of para-hydroxylation sites is 1. The SMILES string of the molecule is C=CC(=O)N1CCC2(CC2C(=O)NCCOc2ccccc2Cl)C1. The Bertz CT molecular complexity index is 663. The minimum atomic E-state index is -0.0499. The lowest BCUT2D eigenvalue weighted by atomic mass is 10.0. The van der Waals surface area contributed by atoms with Gasteiger partial charge in [-0.1, -0.05) is 30.3 Å². The van der Waals surface area contributed by atoms with Crippen molar-refractivity contribution < 1.29 is 14.3 Å². The van der Waals surface area contributed by atoms with E-state index < -0.39 is 0 Å². The highest BCUT2D eigenvalue weighted by Crippen LogP contribution is 2.58. The fourth-order valence-corrected chi connectivity index (χ4v) is 3.59. The third-order valence-corrected chi connectivity index (χ3v) is 5.19. The summed E-state index contributed by atoms with van der Waals surface area (Å²) in [5.74, 6) is 0.614. The smallest absolute Gasteiger partial charge is 0.245 e. The Morgan fingerprint density at radius 2 is 2.25 bits per heavy atom. The van der Waals surface area contributed by atoms with Crippen molar-refractivity contribution in [3.05, 3.63) is 41.9 Å². The summed E-state index contributed by atoms with van der Waals surface area (Å²) < 4.78 is 5.56. The first kappa shape index (κ1) is 16.8. The lowest BCUT2D eigenvalue weighted by Crippen LogP contribution is -2.32. The number of carbonyl (C=O) groups excluding carboxylic acids is 2. The molecule has 2 atom stereocenters. The second-order valence-corrected chi connectivity index (χ2v) is 6.81. The van der Waals surface area contributed by atoms with Gasteiger partial charge in [-0.05, 0) is 31.1 Å². The van der Waals surface area contributed by atoms with Crippen molar-refractivity contribution in [2.24, 2.45) is 11.3 Å². The van der Waals surface area contributed by atoms with Crippen molar-refractivity contribution in [2.45, 2.75) is 12.8 Å². The molecule has 1 N–H and O–H groups in total. The van der Waals surface area contributed by atoms with Crippen LogP contribution in [0.2, 0.25) is 5.02 Å². The number of hydrogen-bond donors (Lipinski definition) is 1. The van der Waals surface area contributed by atoms with E-state index in [1.54, 1.807) is 17.0 Å². The Morgan fingerprint density at radius 1 is 1.46 bits per heavy atom. The number of rotatable bonds is 6. The van der Waals surface area contributed by atoms with Gasteiger partial charge in [0.2, 0.25) is 11.8 Å². The molecule has 1 heterocycles. The molecule has 24 heavy (non-hydrogen) atoms. The number of carbonyl (C=O) groups is 2. The molecule has 1 saturated heterocycles. The lowest BCUT2D eigenvalue weighted by Gasteiger charge is -2.14. The first-order valence-corrected chi connectivity index (χ1v) is 8.50. The van der Waals surface area contributed by atoms with Crippen LogP contribution in [0, 0.1) is 11.3 Å². The summed E-state index contributed by atoms with van der Waals surface area (Å²) in [6.45, 7) is 5.69. The van der Waals surface area contributed by atoms with Crippen LogP contribution < -0.4 is 10.1 Å². The minimum Gasteiger partial charge on any atom is -0.490 e. The number of benzene rings is 1. The molecule has 1 saturated carbocycles. The van der Waals surface area contributed by atoms with E-state index in [0.29, 0.717) is 37.0 Å². The van der Waals surface area contributed by atoms with Crippen molar-refractivity contribution in [2.75, 3.05) is 26.2 Å². The fourth-order valence-electron chi connectivity index (χ4n) is 3.40. The predicted octanol–water partition coefficient (Wildman–Crippen LogP) is 2.26. The van der Waals surface area contributed by atoms with Crippen LogP contribution in [0.25, 0.3) is 0 Å². The van der Waals surface area contributed by atoms with Gasteiger partial charge in [0.25, 0.3) is 0 Å². The predicted molar refractivity (Wildman–Crippen MR) is 91.9 cm³/mol. The highest BCUT2D eigenvalue weighted by molar-refractivity contribution is 6.32. The number of halogens is 1. The van der Waals surface area contributed by atoms with E-state index in [1.807, 2.05) is 12.1 Å². The highest BCUT2D eigenvalue weighted by Gasteiger charge is 2.61. The largest absolute Gasteiger partial charge is 0.490 e. The molecular weight excluding hydrogens is 328 g/mol. The first-order valence-electron chi connectivity index (χ1n) is 8.12. The standard InChI is InChI=1S/C18H21ClN2O3/c1-2-16(22)21-9-7-18(12-21)11-13(18)17(23)20-8-10-24-15-6-4-3-5-14(15)19/h2-6,13H,1,7-12H2,(H,20,23). The second kappa shape index (κ2) is 6.85. The van der Waals surface area contributed by atoms with Gasteiger partial charge in [0.05, 0.1) is 11.6 Å². The van der Waals surface area contributed by atoms with E-state index in [0.717, 1.165) is 12.8 Å². The summed E-state index contributed by atoms with van der Waals surface area (Å²) in [6, 6.07) is 7.25. The molecule has 6 heteroatoms. The topological polar surface area (TPSA) is 58.6 Å². The normalized spacial score (nSPS) is 24.7.